The van der Waals surface area contributed by atoms with E-state index in [1.807, 2.05) is 6.92 Å². The molecule has 0 spiro atoms. The Hall–Kier alpha value is -2.39. The first-order valence-corrected chi connectivity index (χ1v) is 9.17. The van der Waals surface area contributed by atoms with Crippen LogP contribution in [0.3, 0.4) is 0 Å². The predicted octanol–water partition coefficient (Wildman–Crippen LogP) is 0.522. The summed E-state index contributed by atoms with van der Waals surface area (Å²) in [5, 5.41) is 0. The van der Waals surface area contributed by atoms with Gasteiger partial charge in [0.2, 0.25) is 10.0 Å². The van der Waals surface area contributed by atoms with E-state index in [0.29, 0.717) is 17.9 Å². The number of benzene rings is 1. The van der Waals surface area contributed by atoms with Gasteiger partial charge in [-0.25, -0.2) is 17.9 Å². The van der Waals surface area contributed by atoms with E-state index in [4.69, 9.17) is 4.74 Å². The molecule has 0 saturated heterocycles. The lowest BCUT2D eigenvalue weighted by Crippen LogP contribution is -2.41. The van der Waals surface area contributed by atoms with Crippen molar-refractivity contribution in [3.05, 3.63) is 56.9 Å². The summed E-state index contributed by atoms with van der Waals surface area (Å²) in [6.07, 6.45) is 1.02. The quantitative estimate of drug-likeness (QED) is 0.802. The van der Waals surface area contributed by atoms with Crippen LogP contribution in [0.15, 0.2) is 44.9 Å². The van der Waals surface area contributed by atoms with Crippen molar-refractivity contribution < 1.29 is 13.2 Å². The SMILES string of the molecule is CCOc1cccc(C(C)NS(=O)(=O)c2cn(C)c(=O)n(C)c2=O)c1. The predicted molar refractivity (Wildman–Crippen MR) is 93.3 cm³/mol. The molecular formula is C16H21N3O5S. The van der Waals surface area contributed by atoms with E-state index in [0.717, 1.165) is 15.3 Å². The molecule has 0 amide bonds. The molecule has 0 fully saturated rings. The highest BCUT2D eigenvalue weighted by molar-refractivity contribution is 7.89. The van der Waals surface area contributed by atoms with Crippen LogP contribution in [0.2, 0.25) is 0 Å². The molecule has 2 rings (SSSR count). The third kappa shape index (κ3) is 3.99. The van der Waals surface area contributed by atoms with E-state index < -0.39 is 32.2 Å². The Kier molecular flexibility index (Phi) is 5.48. The topological polar surface area (TPSA) is 99.4 Å². The van der Waals surface area contributed by atoms with E-state index in [1.165, 1.54) is 14.1 Å². The molecule has 0 aliphatic carbocycles. The number of nitrogens with one attached hydrogen (secondary N) is 1. The first-order chi connectivity index (χ1) is 11.7. The van der Waals surface area contributed by atoms with Gasteiger partial charge in [-0.15, -0.1) is 0 Å². The first kappa shape index (κ1) is 18.9. The van der Waals surface area contributed by atoms with Crippen molar-refractivity contribution in [2.45, 2.75) is 24.8 Å². The molecule has 1 aromatic carbocycles. The van der Waals surface area contributed by atoms with Gasteiger partial charge in [-0.1, -0.05) is 12.1 Å². The van der Waals surface area contributed by atoms with Gasteiger partial charge in [0.25, 0.3) is 5.56 Å². The molecule has 1 heterocycles. The number of sulfonamides is 1. The maximum atomic E-state index is 12.6. The van der Waals surface area contributed by atoms with Crippen molar-refractivity contribution in [2.24, 2.45) is 14.1 Å². The molecule has 0 radical (unpaired) electrons. The Balaban J connectivity index is 2.38. The van der Waals surface area contributed by atoms with Gasteiger partial charge in [-0.05, 0) is 31.5 Å². The van der Waals surface area contributed by atoms with E-state index in [1.54, 1.807) is 31.2 Å². The highest BCUT2D eigenvalue weighted by atomic mass is 32.2. The maximum Gasteiger partial charge on any atom is 0.330 e. The fraction of sp³-hybridized carbons (Fsp3) is 0.375. The van der Waals surface area contributed by atoms with Gasteiger partial charge < -0.3 is 9.30 Å². The number of aromatic nitrogens is 2. The Labute approximate surface area is 145 Å². The van der Waals surface area contributed by atoms with Gasteiger partial charge in [-0.2, -0.15) is 0 Å². The Morgan fingerprint density at radius 3 is 2.56 bits per heavy atom. The normalized spacial score (nSPS) is 12.8. The highest BCUT2D eigenvalue weighted by Gasteiger charge is 2.24. The summed E-state index contributed by atoms with van der Waals surface area (Å²) in [4.78, 5) is 23.4. The number of hydrogen-bond donors (Lipinski definition) is 1. The van der Waals surface area contributed by atoms with Crippen molar-refractivity contribution in [1.29, 1.82) is 0 Å². The third-order valence-corrected chi connectivity index (χ3v) is 5.23. The molecule has 136 valence electrons. The van der Waals surface area contributed by atoms with Crippen molar-refractivity contribution in [1.82, 2.24) is 13.9 Å². The molecule has 8 nitrogen and oxygen atoms in total. The molecule has 1 atom stereocenters. The van der Waals surface area contributed by atoms with Crippen LogP contribution in [0.4, 0.5) is 0 Å². The summed E-state index contributed by atoms with van der Waals surface area (Å²) >= 11 is 0. The summed E-state index contributed by atoms with van der Waals surface area (Å²) in [6.45, 7) is 4.01. The number of ether oxygens (including phenoxy) is 1. The molecule has 25 heavy (non-hydrogen) atoms. The van der Waals surface area contributed by atoms with Crippen LogP contribution in [0.1, 0.15) is 25.5 Å². The van der Waals surface area contributed by atoms with E-state index in [2.05, 4.69) is 4.72 Å². The number of rotatable bonds is 6. The van der Waals surface area contributed by atoms with Crippen LogP contribution in [0.25, 0.3) is 0 Å². The summed E-state index contributed by atoms with van der Waals surface area (Å²) in [7, 11) is -1.49. The lowest BCUT2D eigenvalue weighted by Gasteiger charge is -2.16. The van der Waals surface area contributed by atoms with Crippen LogP contribution in [0, 0.1) is 0 Å². The molecule has 1 unspecified atom stereocenters. The smallest absolute Gasteiger partial charge is 0.330 e. The van der Waals surface area contributed by atoms with Crippen molar-refractivity contribution in [3.63, 3.8) is 0 Å². The minimum absolute atomic E-state index is 0.482. The second kappa shape index (κ2) is 7.24. The Morgan fingerprint density at radius 1 is 1.24 bits per heavy atom. The summed E-state index contributed by atoms with van der Waals surface area (Å²) < 4.78 is 34.9. The van der Waals surface area contributed by atoms with Crippen LogP contribution in [-0.2, 0) is 24.1 Å². The maximum absolute atomic E-state index is 12.6. The second-order valence-corrected chi connectivity index (χ2v) is 7.28. The number of nitrogens with zero attached hydrogens (tertiary/aromatic N) is 2. The standard InChI is InChI=1S/C16H21N3O5S/c1-5-24-13-8-6-7-12(9-13)11(2)17-25(22,23)14-10-18(3)16(21)19(4)15(14)20/h6-11,17H,5H2,1-4H3. The Bertz CT molecular complexity index is 992. The fourth-order valence-electron chi connectivity index (χ4n) is 2.36. The average Bonchev–Trinajstić information content (AvgIpc) is 2.56. The van der Waals surface area contributed by atoms with Crippen LogP contribution < -0.4 is 20.7 Å². The van der Waals surface area contributed by atoms with Gasteiger partial charge in [0.1, 0.15) is 5.75 Å². The second-order valence-electron chi connectivity index (χ2n) is 5.60. The Morgan fingerprint density at radius 2 is 1.92 bits per heavy atom. The molecule has 1 N–H and O–H groups in total. The van der Waals surface area contributed by atoms with Gasteiger partial charge in [-0.3, -0.25) is 9.36 Å². The zero-order chi connectivity index (χ0) is 18.8. The monoisotopic (exact) mass is 367 g/mol. The van der Waals surface area contributed by atoms with E-state index in [-0.39, 0.29) is 0 Å². The van der Waals surface area contributed by atoms with E-state index in [9.17, 15) is 18.0 Å². The number of aryl methyl sites for hydroxylation is 1. The summed E-state index contributed by atoms with van der Waals surface area (Å²) in [6, 6.07) is 6.43. The van der Waals surface area contributed by atoms with Gasteiger partial charge in [0.15, 0.2) is 4.90 Å². The minimum Gasteiger partial charge on any atom is -0.494 e. The lowest BCUT2D eigenvalue weighted by molar-refractivity contribution is 0.339. The molecule has 0 aliphatic rings. The zero-order valence-electron chi connectivity index (χ0n) is 14.5. The van der Waals surface area contributed by atoms with Crippen LogP contribution >= 0.6 is 0 Å². The highest BCUT2D eigenvalue weighted by Crippen LogP contribution is 2.20. The molecule has 0 saturated carbocycles. The average molecular weight is 367 g/mol. The molecule has 1 aromatic heterocycles. The summed E-state index contributed by atoms with van der Waals surface area (Å²) in [5.41, 5.74) is -0.775. The van der Waals surface area contributed by atoms with Crippen LogP contribution in [-0.4, -0.2) is 24.2 Å². The van der Waals surface area contributed by atoms with Crippen molar-refractivity contribution in [2.75, 3.05) is 6.61 Å². The lowest BCUT2D eigenvalue weighted by atomic mass is 10.1. The molecule has 2 aromatic rings. The first-order valence-electron chi connectivity index (χ1n) is 7.69. The van der Waals surface area contributed by atoms with E-state index >= 15 is 0 Å². The van der Waals surface area contributed by atoms with Gasteiger partial charge in [0.05, 0.1) is 6.61 Å². The minimum atomic E-state index is -4.11. The molecular weight excluding hydrogens is 346 g/mol. The largest absolute Gasteiger partial charge is 0.494 e. The van der Waals surface area contributed by atoms with Gasteiger partial charge >= 0.3 is 5.69 Å². The molecule has 9 heteroatoms. The number of hydrogen-bond acceptors (Lipinski definition) is 5. The van der Waals surface area contributed by atoms with Crippen LogP contribution in [0.5, 0.6) is 5.75 Å². The zero-order valence-corrected chi connectivity index (χ0v) is 15.3. The fourth-order valence-corrected chi connectivity index (χ4v) is 3.76. The molecule has 0 bridgehead atoms. The third-order valence-electron chi connectivity index (χ3n) is 3.71. The van der Waals surface area contributed by atoms with Gasteiger partial charge in [0, 0.05) is 26.3 Å². The molecule has 0 aliphatic heterocycles. The van der Waals surface area contributed by atoms with Crippen molar-refractivity contribution in [3.8, 4) is 5.75 Å². The van der Waals surface area contributed by atoms with Crippen molar-refractivity contribution >= 4 is 10.0 Å². The summed E-state index contributed by atoms with van der Waals surface area (Å²) in [5.74, 6) is 0.629.